The van der Waals surface area contributed by atoms with Crippen LogP contribution in [0.5, 0.6) is 0 Å². The summed E-state index contributed by atoms with van der Waals surface area (Å²) in [5, 5.41) is 8.05. The van der Waals surface area contributed by atoms with E-state index in [1.54, 1.807) is 27.8 Å². The molecule has 0 bridgehead atoms. The summed E-state index contributed by atoms with van der Waals surface area (Å²) < 4.78 is 6.94. The molecule has 1 fully saturated rings. The molecule has 0 saturated carbocycles. The second kappa shape index (κ2) is 6.98. The van der Waals surface area contributed by atoms with E-state index in [2.05, 4.69) is 10.3 Å². The molecule has 1 aromatic heterocycles. The maximum atomic E-state index is 12.2. The van der Waals surface area contributed by atoms with E-state index in [1.807, 2.05) is 13.8 Å². The zero-order valence-electron chi connectivity index (χ0n) is 14.1. The Morgan fingerprint density at radius 3 is 2.92 bits per heavy atom. The number of rotatable bonds is 4. The molecule has 1 amide bonds. The summed E-state index contributed by atoms with van der Waals surface area (Å²) in [6.07, 6.45) is 3.15. The van der Waals surface area contributed by atoms with Crippen molar-refractivity contribution in [2.75, 3.05) is 13.2 Å². The molecule has 7 heteroatoms. The van der Waals surface area contributed by atoms with Crippen LogP contribution in [0.2, 0.25) is 0 Å². The highest BCUT2D eigenvalue weighted by molar-refractivity contribution is 5.94. The molecule has 24 heavy (non-hydrogen) atoms. The third-order valence-corrected chi connectivity index (χ3v) is 4.50. The zero-order chi connectivity index (χ0) is 17.1. The summed E-state index contributed by atoms with van der Waals surface area (Å²) in [6, 6.07) is 5.33. The van der Waals surface area contributed by atoms with Gasteiger partial charge in [0, 0.05) is 19.1 Å². The van der Waals surface area contributed by atoms with Crippen molar-refractivity contribution in [2.45, 2.75) is 45.7 Å². The van der Waals surface area contributed by atoms with Gasteiger partial charge < -0.3 is 9.64 Å². The minimum absolute atomic E-state index is 0.131. The van der Waals surface area contributed by atoms with Gasteiger partial charge in [-0.2, -0.15) is 0 Å². The quantitative estimate of drug-likeness (QED) is 0.802. The van der Waals surface area contributed by atoms with Crippen LogP contribution in [0.25, 0.3) is 11.0 Å². The summed E-state index contributed by atoms with van der Waals surface area (Å²) >= 11 is 0. The summed E-state index contributed by atoms with van der Waals surface area (Å²) in [7, 11) is 0. The number of likely N-dealkylation sites (tertiary alicyclic amines) is 1. The van der Waals surface area contributed by atoms with Gasteiger partial charge >= 0.3 is 5.97 Å². The number of hydrogen-bond donors (Lipinski definition) is 0. The molecule has 1 atom stereocenters. The summed E-state index contributed by atoms with van der Waals surface area (Å²) in [6.45, 7) is 5.24. The van der Waals surface area contributed by atoms with Gasteiger partial charge in [-0.1, -0.05) is 5.21 Å². The van der Waals surface area contributed by atoms with Gasteiger partial charge in [-0.05, 0) is 51.3 Å². The highest BCUT2D eigenvalue weighted by atomic mass is 16.5. The highest BCUT2D eigenvalue weighted by Crippen LogP contribution is 2.17. The van der Waals surface area contributed by atoms with Crippen LogP contribution in [0.1, 0.15) is 43.5 Å². The van der Waals surface area contributed by atoms with Crippen molar-refractivity contribution in [3.63, 3.8) is 0 Å². The van der Waals surface area contributed by atoms with E-state index in [4.69, 9.17) is 4.74 Å². The number of amides is 1. The van der Waals surface area contributed by atoms with Crippen LogP contribution in [-0.2, 0) is 16.1 Å². The van der Waals surface area contributed by atoms with Gasteiger partial charge in [0.2, 0.25) is 0 Å². The minimum Gasteiger partial charge on any atom is -0.452 e. The molecule has 7 nitrogen and oxygen atoms in total. The van der Waals surface area contributed by atoms with E-state index in [9.17, 15) is 9.59 Å². The van der Waals surface area contributed by atoms with E-state index in [0.717, 1.165) is 31.3 Å². The van der Waals surface area contributed by atoms with Gasteiger partial charge in [0.1, 0.15) is 5.52 Å². The summed E-state index contributed by atoms with van der Waals surface area (Å²) in [5.41, 5.74) is 1.89. The molecule has 0 N–H and O–H groups in total. The molecule has 2 aromatic rings. The number of nitrogens with zero attached hydrogens (tertiary/aromatic N) is 4. The monoisotopic (exact) mass is 330 g/mol. The van der Waals surface area contributed by atoms with Crippen molar-refractivity contribution in [3.05, 3.63) is 23.8 Å². The molecular weight excluding hydrogens is 308 g/mol. The molecule has 0 radical (unpaired) electrons. The van der Waals surface area contributed by atoms with Crippen molar-refractivity contribution < 1.29 is 14.3 Å². The average Bonchev–Trinajstić information content (AvgIpc) is 3.02. The van der Waals surface area contributed by atoms with Gasteiger partial charge in [0.05, 0.1) is 11.1 Å². The Morgan fingerprint density at radius 2 is 2.17 bits per heavy atom. The zero-order valence-corrected chi connectivity index (χ0v) is 14.1. The maximum Gasteiger partial charge on any atom is 0.338 e. The lowest BCUT2D eigenvalue weighted by Crippen LogP contribution is -2.44. The summed E-state index contributed by atoms with van der Waals surface area (Å²) in [4.78, 5) is 26.2. The number of hydrogen-bond acceptors (Lipinski definition) is 5. The Bertz CT molecular complexity index is 755. The van der Waals surface area contributed by atoms with E-state index in [0.29, 0.717) is 17.6 Å². The Labute approximate surface area is 140 Å². The number of aryl methyl sites for hydroxylation is 1. The van der Waals surface area contributed by atoms with Gasteiger partial charge in [-0.25, -0.2) is 9.48 Å². The first-order valence-corrected chi connectivity index (χ1v) is 8.40. The normalized spacial score (nSPS) is 17.9. The van der Waals surface area contributed by atoms with Crippen LogP contribution in [0.15, 0.2) is 18.2 Å². The van der Waals surface area contributed by atoms with E-state index in [-0.39, 0.29) is 18.6 Å². The molecule has 1 saturated heterocycles. The molecule has 2 heterocycles. The molecule has 1 aliphatic rings. The second-order valence-electron chi connectivity index (χ2n) is 6.12. The minimum atomic E-state index is -0.513. The van der Waals surface area contributed by atoms with Crippen LogP contribution in [0, 0.1) is 0 Å². The Hall–Kier alpha value is -2.44. The molecule has 0 spiro atoms. The van der Waals surface area contributed by atoms with E-state index < -0.39 is 5.97 Å². The van der Waals surface area contributed by atoms with Crippen LogP contribution >= 0.6 is 0 Å². The third-order valence-electron chi connectivity index (χ3n) is 4.50. The Balaban J connectivity index is 1.63. The fraction of sp³-hybridized carbons (Fsp3) is 0.529. The largest absolute Gasteiger partial charge is 0.452 e. The van der Waals surface area contributed by atoms with Crippen molar-refractivity contribution in [3.8, 4) is 0 Å². The summed E-state index contributed by atoms with van der Waals surface area (Å²) in [5.74, 6) is -0.644. The lowest BCUT2D eigenvalue weighted by atomic mass is 10.0. The van der Waals surface area contributed by atoms with Crippen molar-refractivity contribution in [1.29, 1.82) is 0 Å². The van der Waals surface area contributed by atoms with E-state index >= 15 is 0 Å². The number of carbonyl (C=O) groups is 2. The van der Waals surface area contributed by atoms with Gasteiger partial charge in [0.25, 0.3) is 5.91 Å². The number of aromatic nitrogens is 3. The van der Waals surface area contributed by atoms with Gasteiger partial charge in [0.15, 0.2) is 6.61 Å². The molecule has 1 aromatic carbocycles. The number of esters is 1. The smallest absolute Gasteiger partial charge is 0.338 e. The van der Waals surface area contributed by atoms with Crippen molar-refractivity contribution in [2.24, 2.45) is 0 Å². The molecule has 0 unspecified atom stereocenters. The number of piperidine rings is 1. The standard InChI is InChI=1S/C17H22N4O3/c1-3-21-15-8-7-13(10-14(15)18-19-21)17(23)24-11-16(22)20-9-5-4-6-12(20)2/h7-8,10,12H,3-6,9,11H2,1-2H3/t12-/m0/s1. The number of ether oxygens (including phenoxy) is 1. The molecule has 3 rings (SSSR count). The van der Waals surface area contributed by atoms with Crippen LogP contribution < -0.4 is 0 Å². The first-order valence-electron chi connectivity index (χ1n) is 8.40. The Morgan fingerprint density at radius 1 is 1.33 bits per heavy atom. The van der Waals surface area contributed by atoms with Gasteiger partial charge in [-0.15, -0.1) is 5.10 Å². The number of fused-ring (bicyclic) bond motifs is 1. The molecular formula is C17H22N4O3. The predicted molar refractivity (Wildman–Crippen MR) is 88.5 cm³/mol. The Kier molecular flexibility index (Phi) is 4.78. The second-order valence-corrected chi connectivity index (χ2v) is 6.12. The third kappa shape index (κ3) is 3.25. The van der Waals surface area contributed by atoms with Crippen molar-refractivity contribution >= 4 is 22.9 Å². The van der Waals surface area contributed by atoms with Crippen LogP contribution in [0.4, 0.5) is 0 Å². The topological polar surface area (TPSA) is 77.3 Å². The maximum absolute atomic E-state index is 12.2. The van der Waals surface area contributed by atoms with Crippen molar-refractivity contribution in [1.82, 2.24) is 19.9 Å². The predicted octanol–water partition coefficient (Wildman–Crippen LogP) is 2.01. The van der Waals surface area contributed by atoms with Gasteiger partial charge in [-0.3, -0.25) is 4.79 Å². The average molecular weight is 330 g/mol. The first kappa shape index (κ1) is 16.4. The van der Waals surface area contributed by atoms with Crippen LogP contribution in [0.3, 0.4) is 0 Å². The first-order chi connectivity index (χ1) is 11.6. The van der Waals surface area contributed by atoms with E-state index in [1.165, 1.54) is 0 Å². The molecule has 0 aliphatic carbocycles. The number of carbonyl (C=O) groups excluding carboxylic acids is 2. The highest BCUT2D eigenvalue weighted by Gasteiger charge is 2.24. The lowest BCUT2D eigenvalue weighted by Gasteiger charge is -2.33. The van der Waals surface area contributed by atoms with Crippen LogP contribution in [-0.4, -0.2) is 51.0 Å². The fourth-order valence-corrected chi connectivity index (χ4v) is 3.09. The SMILES string of the molecule is CCn1nnc2cc(C(=O)OCC(=O)N3CCCC[C@@H]3C)ccc21. The number of benzene rings is 1. The fourth-order valence-electron chi connectivity index (χ4n) is 3.09. The lowest BCUT2D eigenvalue weighted by molar-refractivity contribution is -0.137. The molecule has 1 aliphatic heterocycles. The molecule has 128 valence electrons.